The van der Waals surface area contributed by atoms with Crippen molar-refractivity contribution in [3.63, 3.8) is 0 Å². The summed E-state index contributed by atoms with van der Waals surface area (Å²) in [6.07, 6.45) is 0.835. The van der Waals surface area contributed by atoms with Gasteiger partial charge in [-0.25, -0.2) is 0 Å². The van der Waals surface area contributed by atoms with E-state index in [0.717, 1.165) is 17.5 Å². The van der Waals surface area contributed by atoms with Gasteiger partial charge in [0, 0.05) is 18.4 Å². The molecule has 0 saturated carbocycles. The van der Waals surface area contributed by atoms with E-state index in [9.17, 15) is 4.79 Å². The van der Waals surface area contributed by atoms with Crippen LogP contribution in [0.2, 0.25) is 0 Å². The fraction of sp³-hybridized carbons (Fsp3) is 0.250. The van der Waals surface area contributed by atoms with E-state index in [-0.39, 0.29) is 5.97 Å². The lowest BCUT2D eigenvalue weighted by atomic mass is 10.1. The quantitative estimate of drug-likeness (QED) is 0.447. The van der Waals surface area contributed by atoms with Crippen molar-refractivity contribution >= 4 is 23.3 Å². The number of ether oxygens (including phenoxy) is 1. The Hall–Kier alpha value is -1.28. The lowest BCUT2D eigenvalue weighted by Crippen LogP contribution is -1.97. The first-order valence-electron chi connectivity index (χ1n) is 4.66. The highest BCUT2D eigenvalue weighted by Gasteiger charge is 2.02. The second-order valence-corrected chi connectivity index (χ2v) is 3.53. The summed E-state index contributed by atoms with van der Waals surface area (Å²) in [6.45, 7) is 5.03. The molecule has 0 saturated heterocycles. The molecule has 15 heavy (non-hydrogen) atoms. The molecule has 0 radical (unpaired) electrons. The van der Waals surface area contributed by atoms with Crippen LogP contribution in [0.15, 0.2) is 30.8 Å². The molecule has 0 heterocycles. The average Bonchev–Trinajstić information content (AvgIpc) is 2.18. The van der Waals surface area contributed by atoms with Crippen LogP contribution in [0.4, 0.5) is 0 Å². The predicted octanol–water partition coefficient (Wildman–Crippen LogP) is 3.00. The Morgan fingerprint density at radius 2 is 2.00 bits per heavy atom. The summed E-state index contributed by atoms with van der Waals surface area (Å²) in [7, 11) is 0. The van der Waals surface area contributed by atoms with Crippen LogP contribution in [-0.2, 0) is 16.0 Å². The lowest BCUT2D eigenvalue weighted by molar-refractivity contribution is -0.134. The zero-order chi connectivity index (χ0) is 11.3. The van der Waals surface area contributed by atoms with Crippen LogP contribution < -0.4 is 0 Å². The normalized spacial score (nSPS) is 9.73. The Morgan fingerprint density at radius 1 is 1.40 bits per heavy atom. The molecule has 0 bridgehead atoms. The maximum atomic E-state index is 10.7. The maximum Gasteiger partial charge on any atom is 0.308 e. The van der Waals surface area contributed by atoms with Gasteiger partial charge in [-0.15, -0.1) is 11.6 Å². The molecule has 0 atom stereocenters. The first-order valence-corrected chi connectivity index (χ1v) is 5.19. The molecule has 1 aromatic rings. The molecule has 0 aromatic heterocycles. The highest BCUT2D eigenvalue weighted by molar-refractivity contribution is 6.17. The molecule has 1 rings (SSSR count). The summed E-state index contributed by atoms with van der Waals surface area (Å²) >= 11 is 5.62. The van der Waals surface area contributed by atoms with Crippen molar-refractivity contribution in [3.05, 3.63) is 42.0 Å². The predicted molar refractivity (Wildman–Crippen MR) is 61.7 cm³/mol. The molecule has 0 aliphatic rings. The van der Waals surface area contributed by atoms with Crippen molar-refractivity contribution in [1.29, 1.82) is 0 Å². The smallest absolute Gasteiger partial charge is 0.308 e. The Balaban J connectivity index is 2.71. The van der Waals surface area contributed by atoms with Crippen LogP contribution in [0, 0.1) is 0 Å². The van der Waals surface area contributed by atoms with Gasteiger partial charge < -0.3 is 4.74 Å². The van der Waals surface area contributed by atoms with E-state index >= 15 is 0 Å². The highest BCUT2D eigenvalue weighted by atomic mass is 35.5. The van der Waals surface area contributed by atoms with Crippen molar-refractivity contribution in [2.24, 2.45) is 0 Å². The van der Waals surface area contributed by atoms with E-state index in [0.29, 0.717) is 11.6 Å². The third-order valence-electron chi connectivity index (χ3n) is 1.93. The summed E-state index contributed by atoms with van der Waals surface area (Å²) in [4.78, 5) is 10.7. The number of hydrogen-bond acceptors (Lipinski definition) is 2. The lowest BCUT2D eigenvalue weighted by Gasteiger charge is -2.05. The molecule has 0 fully saturated rings. The van der Waals surface area contributed by atoms with E-state index in [1.54, 1.807) is 0 Å². The monoisotopic (exact) mass is 224 g/mol. The number of rotatable bonds is 4. The van der Waals surface area contributed by atoms with Gasteiger partial charge in [-0.05, 0) is 12.0 Å². The number of halogens is 1. The summed E-state index contributed by atoms with van der Waals surface area (Å²) < 4.78 is 4.88. The molecule has 0 aliphatic heterocycles. The molecule has 3 heteroatoms. The summed E-state index contributed by atoms with van der Waals surface area (Å²) in [6, 6.07) is 7.64. The highest BCUT2D eigenvalue weighted by Crippen LogP contribution is 2.15. The number of esters is 1. The minimum atomic E-state index is -0.357. The molecule has 1 aromatic carbocycles. The van der Waals surface area contributed by atoms with Gasteiger partial charge in [0.05, 0.1) is 0 Å². The number of aryl methyl sites for hydroxylation is 1. The van der Waals surface area contributed by atoms with Crippen LogP contribution in [0.25, 0.3) is 5.76 Å². The summed E-state index contributed by atoms with van der Waals surface area (Å²) in [5.41, 5.74) is 1.97. The molecule has 0 amide bonds. The summed E-state index contributed by atoms with van der Waals surface area (Å²) in [5.74, 6) is 0.620. The molecular weight excluding hydrogens is 212 g/mol. The van der Waals surface area contributed by atoms with E-state index in [4.69, 9.17) is 16.3 Å². The van der Waals surface area contributed by atoms with Crippen LogP contribution >= 0.6 is 11.6 Å². The first kappa shape index (κ1) is 11.8. The summed E-state index contributed by atoms with van der Waals surface area (Å²) in [5, 5.41) is 0. The van der Waals surface area contributed by atoms with Crippen LogP contribution in [0.3, 0.4) is 0 Å². The van der Waals surface area contributed by atoms with Gasteiger partial charge in [-0.1, -0.05) is 30.8 Å². The van der Waals surface area contributed by atoms with Gasteiger partial charge in [0.1, 0.15) is 5.76 Å². The standard InChI is InChI=1S/C12H13ClO2/c1-9(15-10(2)14)12-5-3-11(4-6-12)7-8-13/h3-6H,1,7-8H2,2H3. The van der Waals surface area contributed by atoms with Crippen LogP contribution in [0.5, 0.6) is 0 Å². The van der Waals surface area contributed by atoms with E-state index in [1.165, 1.54) is 6.92 Å². The van der Waals surface area contributed by atoms with Gasteiger partial charge in [-0.2, -0.15) is 0 Å². The Bertz CT molecular complexity index is 354. The molecule has 80 valence electrons. The van der Waals surface area contributed by atoms with E-state index in [2.05, 4.69) is 6.58 Å². The number of carbonyl (C=O) groups is 1. The minimum absolute atomic E-state index is 0.357. The van der Waals surface area contributed by atoms with Gasteiger partial charge in [0.15, 0.2) is 0 Å². The third kappa shape index (κ3) is 3.76. The van der Waals surface area contributed by atoms with Crippen LogP contribution in [-0.4, -0.2) is 11.8 Å². The van der Waals surface area contributed by atoms with Gasteiger partial charge in [0.25, 0.3) is 0 Å². The molecule has 0 unspecified atom stereocenters. The number of carbonyl (C=O) groups excluding carboxylic acids is 1. The van der Waals surface area contributed by atoms with Crippen molar-refractivity contribution in [2.45, 2.75) is 13.3 Å². The maximum absolute atomic E-state index is 10.7. The zero-order valence-electron chi connectivity index (χ0n) is 8.63. The Labute approximate surface area is 94.5 Å². The fourth-order valence-electron chi connectivity index (χ4n) is 1.20. The topological polar surface area (TPSA) is 26.3 Å². The van der Waals surface area contributed by atoms with Gasteiger partial charge in [-0.3, -0.25) is 4.79 Å². The SMILES string of the molecule is C=C(OC(C)=O)c1ccc(CCCl)cc1. The molecule has 0 aliphatic carbocycles. The van der Waals surface area contributed by atoms with Crippen molar-refractivity contribution in [2.75, 3.05) is 5.88 Å². The Kier molecular flexibility index (Phi) is 4.37. The minimum Gasteiger partial charge on any atom is -0.427 e. The molecule has 2 nitrogen and oxygen atoms in total. The van der Waals surface area contributed by atoms with Crippen molar-refractivity contribution in [3.8, 4) is 0 Å². The second kappa shape index (κ2) is 5.56. The molecule has 0 spiro atoms. The zero-order valence-corrected chi connectivity index (χ0v) is 9.38. The Morgan fingerprint density at radius 3 is 2.47 bits per heavy atom. The van der Waals surface area contributed by atoms with Gasteiger partial charge in [0.2, 0.25) is 0 Å². The van der Waals surface area contributed by atoms with Gasteiger partial charge >= 0.3 is 5.97 Å². The van der Waals surface area contributed by atoms with E-state index in [1.807, 2.05) is 24.3 Å². The molecule has 0 N–H and O–H groups in total. The number of alkyl halides is 1. The second-order valence-electron chi connectivity index (χ2n) is 3.15. The first-order chi connectivity index (χ1) is 7.13. The third-order valence-corrected chi connectivity index (χ3v) is 2.11. The largest absolute Gasteiger partial charge is 0.427 e. The van der Waals surface area contributed by atoms with Crippen LogP contribution in [0.1, 0.15) is 18.1 Å². The average molecular weight is 225 g/mol. The van der Waals surface area contributed by atoms with E-state index < -0.39 is 0 Å². The fourth-order valence-corrected chi connectivity index (χ4v) is 1.42. The number of hydrogen-bond donors (Lipinski definition) is 0. The van der Waals surface area contributed by atoms with Crippen molar-refractivity contribution < 1.29 is 9.53 Å². The molecular formula is C12H13ClO2. The van der Waals surface area contributed by atoms with Crippen molar-refractivity contribution in [1.82, 2.24) is 0 Å². The number of benzene rings is 1.